The van der Waals surface area contributed by atoms with Gasteiger partial charge in [0.1, 0.15) is 0 Å². The first-order valence-corrected chi connectivity index (χ1v) is 5.90. The van der Waals surface area contributed by atoms with Crippen LogP contribution >= 0.6 is 11.3 Å². The number of hydrogen-bond acceptors (Lipinski definition) is 3. The monoisotopic (exact) mass is 213 g/mol. The normalized spacial score (nSPS) is 11.9. The molecule has 0 fully saturated rings. The van der Waals surface area contributed by atoms with Crippen molar-refractivity contribution in [1.29, 1.82) is 0 Å². The molecule has 0 bridgehead atoms. The fourth-order valence-electron chi connectivity index (χ4n) is 1.35. The van der Waals surface area contributed by atoms with Crippen molar-refractivity contribution in [2.75, 3.05) is 13.2 Å². The lowest BCUT2D eigenvalue weighted by Gasteiger charge is -2.25. The highest BCUT2D eigenvalue weighted by Crippen LogP contribution is 2.10. The molecule has 0 amide bonds. The van der Waals surface area contributed by atoms with Crippen LogP contribution in [0, 0.1) is 0 Å². The van der Waals surface area contributed by atoms with E-state index < -0.39 is 0 Å². The van der Waals surface area contributed by atoms with Gasteiger partial charge in [-0.3, -0.25) is 0 Å². The summed E-state index contributed by atoms with van der Waals surface area (Å²) in [4.78, 5) is 1.41. The standard InChI is InChI=1S/C11H19NOS/c1-11(2,6-8-13)12-7-5-10-4-3-9-14-10/h3-4,9,12-13H,5-8H2,1-2H3. The summed E-state index contributed by atoms with van der Waals surface area (Å²) in [7, 11) is 0. The van der Waals surface area contributed by atoms with Gasteiger partial charge in [0.15, 0.2) is 0 Å². The van der Waals surface area contributed by atoms with Crippen LogP contribution in [0.25, 0.3) is 0 Å². The molecule has 0 radical (unpaired) electrons. The van der Waals surface area contributed by atoms with Crippen LogP contribution in [0.4, 0.5) is 0 Å². The lowest BCUT2D eigenvalue weighted by molar-refractivity contribution is 0.232. The van der Waals surface area contributed by atoms with E-state index in [0.29, 0.717) is 0 Å². The van der Waals surface area contributed by atoms with E-state index in [1.54, 1.807) is 11.3 Å². The molecule has 0 aliphatic heterocycles. The smallest absolute Gasteiger partial charge is 0.0448 e. The van der Waals surface area contributed by atoms with Crippen LogP contribution in [0.5, 0.6) is 0 Å². The Morgan fingerprint density at radius 2 is 2.29 bits per heavy atom. The maximum absolute atomic E-state index is 8.85. The Bertz CT molecular complexity index is 244. The zero-order chi connectivity index (χ0) is 10.4. The highest BCUT2D eigenvalue weighted by atomic mass is 32.1. The van der Waals surface area contributed by atoms with Gasteiger partial charge in [-0.25, -0.2) is 0 Å². The van der Waals surface area contributed by atoms with Crippen molar-refractivity contribution in [2.45, 2.75) is 32.2 Å². The van der Waals surface area contributed by atoms with Gasteiger partial charge in [-0.2, -0.15) is 0 Å². The molecule has 1 aromatic rings. The fourth-order valence-corrected chi connectivity index (χ4v) is 2.06. The van der Waals surface area contributed by atoms with Gasteiger partial charge < -0.3 is 10.4 Å². The second kappa shape index (κ2) is 5.49. The lowest BCUT2D eigenvalue weighted by atomic mass is 10.0. The molecule has 1 aromatic heterocycles. The van der Waals surface area contributed by atoms with Gasteiger partial charge in [0.05, 0.1) is 0 Å². The van der Waals surface area contributed by atoms with E-state index in [4.69, 9.17) is 5.11 Å². The Labute approximate surface area is 90.0 Å². The summed E-state index contributed by atoms with van der Waals surface area (Å²) >= 11 is 1.80. The van der Waals surface area contributed by atoms with E-state index in [9.17, 15) is 0 Å². The first-order valence-electron chi connectivity index (χ1n) is 5.02. The van der Waals surface area contributed by atoms with Gasteiger partial charge in [-0.05, 0) is 38.1 Å². The molecule has 0 aromatic carbocycles. The molecule has 0 saturated heterocycles. The predicted molar refractivity (Wildman–Crippen MR) is 61.8 cm³/mol. The molecule has 2 nitrogen and oxygen atoms in total. The molecule has 0 aliphatic carbocycles. The van der Waals surface area contributed by atoms with Crippen LogP contribution in [-0.2, 0) is 6.42 Å². The van der Waals surface area contributed by atoms with Crippen LogP contribution < -0.4 is 5.32 Å². The third kappa shape index (κ3) is 4.22. The lowest BCUT2D eigenvalue weighted by Crippen LogP contribution is -2.41. The Morgan fingerprint density at radius 1 is 1.50 bits per heavy atom. The summed E-state index contributed by atoms with van der Waals surface area (Å²) in [6, 6.07) is 4.24. The molecule has 14 heavy (non-hydrogen) atoms. The maximum atomic E-state index is 8.85. The van der Waals surface area contributed by atoms with Crippen LogP contribution in [0.3, 0.4) is 0 Å². The van der Waals surface area contributed by atoms with Crippen molar-refractivity contribution in [3.63, 3.8) is 0 Å². The Balaban J connectivity index is 2.20. The average Bonchev–Trinajstić information content (AvgIpc) is 2.56. The number of aliphatic hydroxyl groups excluding tert-OH is 1. The zero-order valence-corrected chi connectivity index (χ0v) is 9.73. The van der Waals surface area contributed by atoms with Crippen LogP contribution in [0.1, 0.15) is 25.1 Å². The molecule has 1 heterocycles. The minimum absolute atomic E-state index is 0.0476. The van der Waals surface area contributed by atoms with Crippen molar-refractivity contribution < 1.29 is 5.11 Å². The number of thiophene rings is 1. The Hall–Kier alpha value is -0.380. The third-order valence-corrected chi connectivity index (χ3v) is 3.23. The van der Waals surface area contributed by atoms with E-state index in [-0.39, 0.29) is 12.1 Å². The van der Waals surface area contributed by atoms with Gasteiger partial charge >= 0.3 is 0 Å². The molecule has 0 saturated carbocycles. The van der Waals surface area contributed by atoms with Crippen LogP contribution in [-0.4, -0.2) is 23.8 Å². The van der Waals surface area contributed by atoms with Gasteiger partial charge in [0.25, 0.3) is 0 Å². The summed E-state index contributed by atoms with van der Waals surface area (Å²) in [6.45, 7) is 5.47. The number of hydrogen-bond donors (Lipinski definition) is 2. The summed E-state index contributed by atoms with van der Waals surface area (Å²) in [5.74, 6) is 0. The van der Waals surface area contributed by atoms with Gasteiger partial charge in [0, 0.05) is 23.6 Å². The van der Waals surface area contributed by atoms with E-state index in [1.807, 2.05) is 0 Å². The molecule has 1 rings (SSSR count). The first kappa shape index (κ1) is 11.7. The van der Waals surface area contributed by atoms with Crippen LogP contribution in [0.15, 0.2) is 17.5 Å². The minimum atomic E-state index is 0.0476. The Kier molecular flexibility index (Phi) is 4.58. The molecular weight excluding hydrogens is 194 g/mol. The molecule has 0 unspecified atom stereocenters. The third-order valence-electron chi connectivity index (χ3n) is 2.29. The molecule has 3 heteroatoms. The predicted octanol–water partition coefficient (Wildman–Crippen LogP) is 2.04. The largest absolute Gasteiger partial charge is 0.396 e. The maximum Gasteiger partial charge on any atom is 0.0448 e. The molecular formula is C11H19NOS. The Morgan fingerprint density at radius 3 is 2.86 bits per heavy atom. The number of aliphatic hydroxyl groups is 1. The fraction of sp³-hybridized carbons (Fsp3) is 0.636. The molecule has 0 spiro atoms. The van der Waals surface area contributed by atoms with Crippen LogP contribution in [0.2, 0.25) is 0 Å². The summed E-state index contributed by atoms with van der Waals surface area (Å²) < 4.78 is 0. The average molecular weight is 213 g/mol. The van der Waals surface area contributed by atoms with Gasteiger partial charge in [-0.15, -0.1) is 11.3 Å². The SMILES string of the molecule is CC(C)(CCO)NCCc1cccs1. The molecule has 0 atom stereocenters. The summed E-state index contributed by atoms with van der Waals surface area (Å²) in [6.07, 6.45) is 1.88. The van der Waals surface area contributed by atoms with E-state index in [0.717, 1.165) is 19.4 Å². The number of nitrogens with one attached hydrogen (secondary N) is 1. The van der Waals surface area contributed by atoms with E-state index >= 15 is 0 Å². The summed E-state index contributed by atoms with van der Waals surface area (Å²) in [5, 5.41) is 14.4. The van der Waals surface area contributed by atoms with Crippen molar-refractivity contribution in [1.82, 2.24) is 5.32 Å². The van der Waals surface area contributed by atoms with Crippen molar-refractivity contribution in [3.05, 3.63) is 22.4 Å². The molecule has 0 aliphatic rings. The van der Waals surface area contributed by atoms with Gasteiger partial charge in [-0.1, -0.05) is 6.07 Å². The number of rotatable bonds is 6. The topological polar surface area (TPSA) is 32.3 Å². The molecule has 2 N–H and O–H groups in total. The van der Waals surface area contributed by atoms with E-state index in [2.05, 4.69) is 36.7 Å². The first-order chi connectivity index (χ1) is 6.64. The molecule has 80 valence electrons. The van der Waals surface area contributed by atoms with Crippen molar-refractivity contribution in [3.8, 4) is 0 Å². The minimum Gasteiger partial charge on any atom is -0.396 e. The highest BCUT2D eigenvalue weighted by Gasteiger charge is 2.15. The highest BCUT2D eigenvalue weighted by molar-refractivity contribution is 7.09. The van der Waals surface area contributed by atoms with Gasteiger partial charge in [0.2, 0.25) is 0 Å². The quantitative estimate of drug-likeness (QED) is 0.758. The zero-order valence-electron chi connectivity index (χ0n) is 8.92. The van der Waals surface area contributed by atoms with E-state index in [1.165, 1.54) is 4.88 Å². The van der Waals surface area contributed by atoms with Crippen molar-refractivity contribution in [2.24, 2.45) is 0 Å². The van der Waals surface area contributed by atoms with Crippen molar-refractivity contribution >= 4 is 11.3 Å². The second-order valence-corrected chi connectivity index (χ2v) is 5.15. The second-order valence-electron chi connectivity index (χ2n) is 4.11. The summed E-state index contributed by atoms with van der Waals surface area (Å²) in [5.41, 5.74) is 0.0476.